The Hall–Kier alpha value is -4.78. The van der Waals surface area contributed by atoms with Crippen LogP contribution in [0.3, 0.4) is 0 Å². The van der Waals surface area contributed by atoms with E-state index in [2.05, 4.69) is 74.4 Å². The Balaban J connectivity index is 1.33. The van der Waals surface area contributed by atoms with Crippen molar-refractivity contribution in [2.45, 2.75) is 25.7 Å². The summed E-state index contributed by atoms with van der Waals surface area (Å²) in [5, 5.41) is 8.22. The molecule has 0 saturated heterocycles. The zero-order chi connectivity index (χ0) is 36.0. The van der Waals surface area contributed by atoms with Crippen molar-refractivity contribution in [3.05, 3.63) is 89.5 Å². The van der Waals surface area contributed by atoms with Crippen LogP contribution >= 0.6 is 0 Å². The molecule has 0 unspecified atom stereocenters. The number of hydrogen-bond donors (Lipinski definition) is 4. The molecule has 5 N–H and O–H groups in total. The van der Waals surface area contributed by atoms with E-state index in [1.807, 2.05) is 38.4 Å². The predicted octanol–water partition coefficient (Wildman–Crippen LogP) is 3.03. The van der Waals surface area contributed by atoms with E-state index in [1.54, 1.807) is 7.05 Å². The molecule has 2 aromatic rings. The number of hydrogen-bond acceptors (Lipinski definition) is 9. The lowest BCUT2D eigenvalue weighted by Gasteiger charge is -2.17. The zero-order valence-electron chi connectivity index (χ0n) is 29.5. The summed E-state index contributed by atoms with van der Waals surface area (Å²) >= 11 is 0. The van der Waals surface area contributed by atoms with Gasteiger partial charge in [-0.2, -0.15) is 0 Å². The highest BCUT2D eigenvalue weighted by molar-refractivity contribution is 6.07. The van der Waals surface area contributed by atoms with Crippen molar-refractivity contribution in [1.29, 1.82) is 0 Å². The fourth-order valence-corrected chi connectivity index (χ4v) is 4.91. The number of nitrogens with zero attached hydrogens (tertiary/aromatic N) is 2. The van der Waals surface area contributed by atoms with Crippen LogP contribution in [0, 0.1) is 0 Å². The van der Waals surface area contributed by atoms with Crippen molar-refractivity contribution in [3.8, 4) is 5.75 Å². The Kier molecular flexibility index (Phi) is 18.1. The molecule has 0 atom stereocenters. The van der Waals surface area contributed by atoms with Crippen molar-refractivity contribution in [1.82, 2.24) is 16.0 Å². The smallest absolute Gasteiger partial charge is 0.220 e. The maximum absolute atomic E-state index is 12.2. The average molecular weight is 689 g/mol. The summed E-state index contributed by atoms with van der Waals surface area (Å²) in [6.45, 7) is 3.55. The van der Waals surface area contributed by atoms with Gasteiger partial charge in [0.15, 0.2) is 0 Å². The van der Waals surface area contributed by atoms with Gasteiger partial charge in [-0.25, -0.2) is 0 Å². The van der Waals surface area contributed by atoms with Crippen LogP contribution in [-0.4, -0.2) is 104 Å². The van der Waals surface area contributed by atoms with E-state index in [0.29, 0.717) is 65.5 Å². The van der Waals surface area contributed by atoms with Crippen LogP contribution in [0.5, 0.6) is 5.75 Å². The summed E-state index contributed by atoms with van der Waals surface area (Å²) < 4.78 is 16.4. The molecule has 0 spiro atoms. The SMILES string of the molecule is CN=C1C=CC(=C(c2ccc(OCCCC(=O)NCCNC(=O)CCC(=O)NCCOCCOCCN)cc2)c2ccc(N(C)C)cc2)C=C1. The quantitative estimate of drug-likeness (QED) is 0.138. The van der Waals surface area contributed by atoms with E-state index < -0.39 is 0 Å². The first-order valence-corrected chi connectivity index (χ1v) is 17.0. The number of aliphatic imine (C=N–C) groups is 1. The van der Waals surface area contributed by atoms with Gasteiger partial charge in [-0.1, -0.05) is 36.4 Å². The second kappa shape index (κ2) is 22.8. The number of carbonyl (C=O) groups excluding carboxylic acids is 3. The monoisotopic (exact) mass is 688 g/mol. The van der Waals surface area contributed by atoms with Gasteiger partial charge in [0.2, 0.25) is 17.7 Å². The number of rotatable bonds is 22. The van der Waals surface area contributed by atoms with Gasteiger partial charge < -0.3 is 40.8 Å². The third-order valence-corrected chi connectivity index (χ3v) is 7.60. The number of allylic oxidation sites excluding steroid dienone is 5. The zero-order valence-corrected chi connectivity index (χ0v) is 29.5. The number of anilines is 1. The lowest BCUT2D eigenvalue weighted by molar-refractivity contribution is -0.126. The first kappa shape index (κ1) is 39.7. The Morgan fingerprint density at radius 3 is 1.78 bits per heavy atom. The van der Waals surface area contributed by atoms with E-state index in [4.69, 9.17) is 19.9 Å². The maximum atomic E-state index is 12.2. The molecule has 3 amide bonds. The van der Waals surface area contributed by atoms with E-state index in [-0.39, 0.29) is 37.1 Å². The highest BCUT2D eigenvalue weighted by atomic mass is 16.5. The highest BCUT2D eigenvalue weighted by Crippen LogP contribution is 2.32. The minimum Gasteiger partial charge on any atom is -0.494 e. The minimum absolute atomic E-state index is 0.0672. The predicted molar refractivity (Wildman–Crippen MR) is 199 cm³/mol. The second-order valence-electron chi connectivity index (χ2n) is 11.6. The number of ether oxygens (including phenoxy) is 3. The molecule has 12 heteroatoms. The van der Waals surface area contributed by atoms with E-state index in [1.165, 1.54) is 0 Å². The Bertz CT molecular complexity index is 1460. The topological polar surface area (TPSA) is 157 Å². The standard InChI is InChI=1S/C38H52N6O6/c1-40-32-12-6-29(7-13-32)38(30-8-14-33(15-9-30)44(2)3)31-10-16-34(17-11-31)50-24-4-5-35(45)41-21-22-42-36(46)18-19-37(47)43-23-26-49-28-27-48-25-20-39/h6-17H,4-5,18-28,39H2,1-3H3,(H,41,45)(H,42,46)(H,43,47). The molecule has 0 radical (unpaired) electrons. The molecule has 270 valence electrons. The first-order chi connectivity index (χ1) is 24.3. The fraction of sp³-hybridized carbons (Fsp3) is 0.421. The van der Waals surface area contributed by atoms with Crippen LogP contribution in [0.2, 0.25) is 0 Å². The Morgan fingerprint density at radius 1 is 0.680 bits per heavy atom. The van der Waals surface area contributed by atoms with Gasteiger partial charge in [0.25, 0.3) is 0 Å². The van der Waals surface area contributed by atoms with Crippen molar-refractivity contribution >= 4 is 34.7 Å². The normalized spacial score (nSPS) is 12.0. The van der Waals surface area contributed by atoms with Gasteiger partial charge in [0.1, 0.15) is 5.75 Å². The number of benzene rings is 2. The van der Waals surface area contributed by atoms with E-state index in [0.717, 1.165) is 39.4 Å². The molecule has 0 heterocycles. The molecule has 2 aromatic carbocycles. The van der Waals surface area contributed by atoms with Crippen LogP contribution in [0.1, 0.15) is 36.8 Å². The van der Waals surface area contributed by atoms with Gasteiger partial charge in [-0.3, -0.25) is 19.4 Å². The van der Waals surface area contributed by atoms with E-state index in [9.17, 15) is 14.4 Å². The molecule has 0 bridgehead atoms. The summed E-state index contributed by atoms with van der Waals surface area (Å²) in [5.74, 6) is 0.135. The molecular weight excluding hydrogens is 636 g/mol. The molecule has 1 aliphatic rings. The molecule has 50 heavy (non-hydrogen) atoms. The minimum atomic E-state index is -0.251. The maximum Gasteiger partial charge on any atom is 0.220 e. The molecule has 0 aliphatic heterocycles. The summed E-state index contributed by atoms with van der Waals surface area (Å²) in [4.78, 5) is 42.5. The second-order valence-corrected chi connectivity index (χ2v) is 11.6. The number of amides is 3. The third-order valence-electron chi connectivity index (χ3n) is 7.60. The molecule has 1 aliphatic carbocycles. The Morgan fingerprint density at radius 2 is 1.22 bits per heavy atom. The fourth-order valence-electron chi connectivity index (χ4n) is 4.91. The van der Waals surface area contributed by atoms with Gasteiger partial charge in [-0.05, 0) is 65.1 Å². The van der Waals surface area contributed by atoms with Gasteiger partial charge in [-0.15, -0.1) is 0 Å². The average Bonchev–Trinajstić information content (AvgIpc) is 3.13. The van der Waals surface area contributed by atoms with Crippen molar-refractivity contribution in [2.75, 3.05) is 85.3 Å². The molecule has 0 aromatic heterocycles. The summed E-state index contributed by atoms with van der Waals surface area (Å²) in [5.41, 5.74) is 11.8. The van der Waals surface area contributed by atoms with Crippen LogP contribution in [-0.2, 0) is 23.9 Å². The molecular formula is C38H52N6O6. The van der Waals surface area contributed by atoms with Crippen molar-refractivity contribution in [3.63, 3.8) is 0 Å². The lowest BCUT2D eigenvalue weighted by atomic mass is 9.90. The molecule has 3 rings (SSSR count). The summed E-state index contributed by atoms with van der Waals surface area (Å²) in [6.07, 6.45) is 9.21. The lowest BCUT2D eigenvalue weighted by Crippen LogP contribution is -2.35. The third kappa shape index (κ3) is 14.8. The largest absolute Gasteiger partial charge is 0.494 e. The van der Waals surface area contributed by atoms with Crippen molar-refractivity contribution in [2.24, 2.45) is 10.7 Å². The van der Waals surface area contributed by atoms with Crippen LogP contribution in [0.4, 0.5) is 5.69 Å². The highest BCUT2D eigenvalue weighted by Gasteiger charge is 2.13. The van der Waals surface area contributed by atoms with Crippen LogP contribution in [0.25, 0.3) is 5.57 Å². The number of nitrogens with one attached hydrogen (secondary N) is 3. The number of nitrogens with two attached hydrogens (primary N) is 1. The molecule has 0 fully saturated rings. The molecule has 12 nitrogen and oxygen atoms in total. The van der Waals surface area contributed by atoms with Crippen LogP contribution < -0.4 is 31.3 Å². The summed E-state index contributed by atoms with van der Waals surface area (Å²) in [7, 11) is 5.83. The van der Waals surface area contributed by atoms with E-state index >= 15 is 0 Å². The Labute approximate surface area is 295 Å². The molecule has 0 saturated carbocycles. The van der Waals surface area contributed by atoms with Gasteiger partial charge >= 0.3 is 0 Å². The van der Waals surface area contributed by atoms with Crippen LogP contribution in [0.15, 0.2) is 83.4 Å². The van der Waals surface area contributed by atoms with Gasteiger partial charge in [0, 0.05) is 72.3 Å². The van der Waals surface area contributed by atoms with Crippen molar-refractivity contribution < 1.29 is 28.6 Å². The van der Waals surface area contributed by atoms with Gasteiger partial charge in [0.05, 0.1) is 38.7 Å². The first-order valence-electron chi connectivity index (χ1n) is 17.0. The number of carbonyl (C=O) groups is 3. The summed E-state index contributed by atoms with van der Waals surface area (Å²) in [6, 6.07) is 16.5.